The molecule has 5 heteroatoms. The lowest BCUT2D eigenvalue weighted by Crippen LogP contribution is -2.16. The number of rotatable bonds is 6. The van der Waals surface area contributed by atoms with Crippen molar-refractivity contribution in [3.63, 3.8) is 0 Å². The van der Waals surface area contributed by atoms with Gasteiger partial charge in [0.2, 0.25) is 0 Å². The highest BCUT2D eigenvalue weighted by molar-refractivity contribution is 5.70. The Balaban J connectivity index is 1.89. The van der Waals surface area contributed by atoms with Crippen LogP contribution in [-0.4, -0.2) is 33.4 Å². The third kappa shape index (κ3) is 3.68. The van der Waals surface area contributed by atoms with Gasteiger partial charge in [0, 0.05) is 6.54 Å². The average Bonchev–Trinajstić information content (AvgIpc) is 3.13. The lowest BCUT2D eigenvalue weighted by Gasteiger charge is -2.15. The van der Waals surface area contributed by atoms with E-state index < -0.39 is 0 Å². The molecule has 1 aliphatic heterocycles. The van der Waals surface area contributed by atoms with Crippen molar-refractivity contribution < 1.29 is 18.6 Å². The molecule has 1 aliphatic rings. The van der Waals surface area contributed by atoms with E-state index in [4.69, 9.17) is 14.2 Å². The zero-order valence-corrected chi connectivity index (χ0v) is 14.0. The summed E-state index contributed by atoms with van der Waals surface area (Å²) in [4.78, 5) is 0. The Morgan fingerprint density at radius 1 is 1.08 bits per heavy atom. The van der Waals surface area contributed by atoms with Crippen molar-refractivity contribution in [1.29, 1.82) is 0 Å². The van der Waals surface area contributed by atoms with Gasteiger partial charge >= 0.3 is 0 Å². The number of ether oxygens (including phenoxy) is 3. The largest absolute Gasteiger partial charge is 0.493 e. The molecule has 0 bridgehead atoms. The molecule has 1 unspecified atom stereocenters. The maximum absolute atomic E-state index is 13.7. The summed E-state index contributed by atoms with van der Waals surface area (Å²) < 4.78 is 30.3. The van der Waals surface area contributed by atoms with Gasteiger partial charge in [0.15, 0.2) is 11.5 Å². The summed E-state index contributed by atoms with van der Waals surface area (Å²) in [6, 6.07) is 10.5. The number of hydrogen-bond donors (Lipinski definition) is 1. The molecule has 0 amide bonds. The van der Waals surface area contributed by atoms with Gasteiger partial charge in [-0.3, -0.25) is 0 Å². The fourth-order valence-electron chi connectivity index (χ4n) is 2.95. The summed E-state index contributed by atoms with van der Waals surface area (Å²) in [5, 5.41) is 3.26. The molecule has 0 radical (unpaired) electrons. The van der Waals surface area contributed by atoms with Crippen molar-refractivity contribution in [3.8, 4) is 22.6 Å². The number of methoxy groups -OCH3 is 2. The van der Waals surface area contributed by atoms with Gasteiger partial charge in [-0.2, -0.15) is 0 Å². The van der Waals surface area contributed by atoms with Gasteiger partial charge in [0.25, 0.3) is 0 Å². The maximum Gasteiger partial charge on any atom is 0.161 e. The lowest BCUT2D eigenvalue weighted by atomic mass is 9.99. The predicted octanol–water partition coefficient (Wildman–Crippen LogP) is 3.39. The molecule has 0 spiro atoms. The molecule has 3 rings (SSSR count). The fourth-order valence-corrected chi connectivity index (χ4v) is 2.95. The van der Waals surface area contributed by atoms with Gasteiger partial charge < -0.3 is 19.5 Å². The van der Waals surface area contributed by atoms with Crippen LogP contribution in [0.1, 0.15) is 12.0 Å². The second kappa shape index (κ2) is 7.64. The summed E-state index contributed by atoms with van der Waals surface area (Å²) in [5.41, 5.74) is 2.70. The first-order valence-electron chi connectivity index (χ1n) is 8.04. The van der Waals surface area contributed by atoms with E-state index in [1.807, 2.05) is 18.2 Å². The minimum absolute atomic E-state index is 0.187. The van der Waals surface area contributed by atoms with Gasteiger partial charge in [-0.1, -0.05) is 12.1 Å². The van der Waals surface area contributed by atoms with E-state index in [9.17, 15) is 4.39 Å². The van der Waals surface area contributed by atoms with Crippen LogP contribution in [0.3, 0.4) is 0 Å². The van der Waals surface area contributed by atoms with E-state index >= 15 is 0 Å². The maximum atomic E-state index is 13.7. The van der Waals surface area contributed by atoms with Crippen molar-refractivity contribution in [3.05, 3.63) is 47.8 Å². The Hall–Kier alpha value is -2.11. The van der Waals surface area contributed by atoms with Gasteiger partial charge in [-0.15, -0.1) is 0 Å². The molecule has 128 valence electrons. The lowest BCUT2D eigenvalue weighted by molar-refractivity contribution is 0.0543. The Morgan fingerprint density at radius 3 is 2.62 bits per heavy atom. The van der Waals surface area contributed by atoms with Crippen LogP contribution in [0, 0.1) is 5.82 Å². The van der Waals surface area contributed by atoms with Gasteiger partial charge in [0.1, 0.15) is 5.82 Å². The quantitative estimate of drug-likeness (QED) is 0.881. The predicted molar refractivity (Wildman–Crippen MR) is 91.0 cm³/mol. The molecule has 4 nitrogen and oxygen atoms in total. The van der Waals surface area contributed by atoms with Crippen LogP contribution in [0.2, 0.25) is 0 Å². The zero-order chi connectivity index (χ0) is 16.9. The highest BCUT2D eigenvalue weighted by atomic mass is 19.1. The molecule has 1 heterocycles. The molecule has 0 aliphatic carbocycles. The first-order chi connectivity index (χ1) is 11.7. The van der Waals surface area contributed by atoms with Crippen LogP contribution < -0.4 is 14.8 Å². The second-order valence-electron chi connectivity index (χ2n) is 5.80. The Kier molecular flexibility index (Phi) is 5.33. The Bertz CT molecular complexity index is 699. The highest BCUT2D eigenvalue weighted by Crippen LogP contribution is 2.34. The summed E-state index contributed by atoms with van der Waals surface area (Å²) in [5.74, 6) is 1.05. The van der Waals surface area contributed by atoms with Gasteiger partial charge in [-0.25, -0.2) is 4.39 Å². The topological polar surface area (TPSA) is 39.7 Å². The number of nitrogens with one attached hydrogen (secondary N) is 1. The van der Waals surface area contributed by atoms with E-state index in [0.717, 1.165) is 36.2 Å². The molecule has 1 saturated heterocycles. The molecule has 2 aromatic rings. The van der Waals surface area contributed by atoms with Gasteiger partial charge in [0.05, 0.1) is 26.9 Å². The van der Waals surface area contributed by atoms with Crippen molar-refractivity contribution in [2.75, 3.05) is 27.3 Å². The fraction of sp³-hybridized carbons (Fsp3) is 0.368. The normalized spacial score (nSPS) is 17.0. The van der Waals surface area contributed by atoms with E-state index in [1.54, 1.807) is 20.3 Å². The van der Waals surface area contributed by atoms with Crippen molar-refractivity contribution >= 4 is 0 Å². The Morgan fingerprint density at radius 2 is 1.92 bits per heavy atom. The summed E-state index contributed by atoms with van der Waals surface area (Å²) in [7, 11) is 3.20. The standard InChI is InChI=1S/C19H22FNO3/c1-22-18-6-3-13(10-19(18)23-2)17-5-4-15(20)9-14(17)12-24-16-7-8-21-11-16/h3-6,9-10,16,21H,7-8,11-12H2,1-2H3. The van der Waals surface area contributed by atoms with E-state index in [2.05, 4.69) is 5.32 Å². The van der Waals surface area contributed by atoms with E-state index in [1.165, 1.54) is 12.1 Å². The minimum atomic E-state index is -0.262. The molecule has 0 saturated carbocycles. The third-order valence-corrected chi connectivity index (χ3v) is 4.25. The average molecular weight is 331 g/mol. The second-order valence-corrected chi connectivity index (χ2v) is 5.80. The summed E-state index contributed by atoms with van der Waals surface area (Å²) in [6.45, 7) is 2.20. The highest BCUT2D eigenvalue weighted by Gasteiger charge is 2.16. The van der Waals surface area contributed by atoms with E-state index in [0.29, 0.717) is 18.1 Å². The first kappa shape index (κ1) is 16.7. The van der Waals surface area contributed by atoms with Crippen molar-refractivity contribution in [1.82, 2.24) is 5.32 Å². The van der Waals surface area contributed by atoms with Crippen molar-refractivity contribution in [2.24, 2.45) is 0 Å². The van der Waals surface area contributed by atoms with Crippen LogP contribution in [0.15, 0.2) is 36.4 Å². The minimum Gasteiger partial charge on any atom is -0.493 e. The van der Waals surface area contributed by atoms with Crippen LogP contribution in [0.25, 0.3) is 11.1 Å². The van der Waals surface area contributed by atoms with Crippen LogP contribution in [-0.2, 0) is 11.3 Å². The third-order valence-electron chi connectivity index (χ3n) is 4.25. The monoisotopic (exact) mass is 331 g/mol. The zero-order valence-electron chi connectivity index (χ0n) is 14.0. The Labute approximate surface area is 141 Å². The molecule has 1 N–H and O–H groups in total. The molecule has 1 atom stereocenters. The first-order valence-corrected chi connectivity index (χ1v) is 8.04. The number of halogens is 1. The molecular formula is C19H22FNO3. The summed E-state index contributed by atoms with van der Waals surface area (Å²) in [6.07, 6.45) is 1.17. The van der Waals surface area contributed by atoms with Crippen molar-refractivity contribution in [2.45, 2.75) is 19.1 Å². The molecule has 24 heavy (non-hydrogen) atoms. The van der Waals surface area contributed by atoms with Crippen LogP contribution in [0.5, 0.6) is 11.5 Å². The molecule has 1 fully saturated rings. The van der Waals surface area contributed by atoms with Crippen LogP contribution >= 0.6 is 0 Å². The van der Waals surface area contributed by atoms with Crippen LogP contribution in [0.4, 0.5) is 4.39 Å². The summed E-state index contributed by atoms with van der Waals surface area (Å²) >= 11 is 0. The smallest absolute Gasteiger partial charge is 0.161 e. The van der Waals surface area contributed by atoms with Gasteiger partial charge in [-0.05, 0) is 53.9 Å². The van der Waals surface area contributed by atoms with E-state index in [-0.39, 0.29) is 11.9 Å². The number of hydrogen-bond acceptors (Lipinski definition) is 4. The number of benzene rings is 2. The molecule has 2 aromatic carbocycles. The molecular weight excluding hydrogens is 309 g/mol. The SMILES string of the molecule is COc1ccc(-c2ccc(F)cc2COC2CCNC2)cc1OC. The molecule has 0 aromatic heterocycles.